The number of carboxylic acids is 1. The first-order valence-corrected chi connectivity index (χ1v) is 12.9. The van der Waals surface area contributed by atoms with Crippen LogP contribution in [-0.2, 0) is 0 Å². The van der Waals surface area contributed by atoms with Crippen LogP contribution < -0.4 is 10.1 Å². The van der Waals surface area contributed by atoms with Crippen LogP contribution in [0.2, 0.25) is 0 Å². The second-order valence-electron chi connectivity index (χ2n) is 9.94. The van der Waals surface area contributed by atoms with Gasteiger partial charge in [0, 0.05) is 22.9 Å². The maximum Gasteiger partial charge on any atom is 0.335 e. The number of carboxylic acid groups (broad SMARTS) is 1. The molecule has 190 valence electrons. The highest BCUT2D eigenvalue weighted by molar-refractivity contribution is 5.88. The molecule has 0 radical (unpaired) electrons. The molecule has 0 fully saturated rings. The molecule has 0 unspecified atom stereocenters. The molecule has 5 heteroatoms. The Kier molecular flexibility index (Phi) is 7.24. The lowest BCUT2D eigenvalue weighted by molar-refractivity contribution is 0.0696. The van der Waals surface area contributed by atoms with Crippen molar-refractivity contribution in [2.45, 2.75) is 51.2 Å². The highest BCUT2D eigenvalue weighted by Crippen LogP contribution is 2.42. The summed E-state index contributed by atoms with van der Waals surface area (Å²) in [5, 5.41) is 14.6. The van der Waals surface area contributed by atoms with E-state index < -0.39 is 5.97 Å². The number of carbonyl (C=O) groups is 1. The van der Waals surface area contributed by atoms with Gasteiger partial charge in [-0.05, 0) is 86.0 Å². The quantitative estimate of drug-likeness (QED) is 0.249. The van der Waals surface area contributed by atoms with E-state index in [2.05, 4.69) is 18.3 Å². The second-order valence-corrected chi connectivity index (χ2v) is 9.94. The van der Waals surface area contributed by atoms with Crippen molar-refractivity contribution >= 4 is 16.7 Å². The van der Waals surface area contributed by atoms with E-state index in [0.717, 1.165) is 59.2 Å². The number of nitrogens with one attached hydrogen (secondary N) is 1. The van der Waals surface area contributed by atoms with Crippen LogP contribution in [0.3, 0.4) is 0 Å². The van der Waals surface area contributed by atoms with Crippen molar-refractivity contribution in [3.8, 4) is 5.75 Å². The van der Waals surface area contributed by atoms with Gasteiger partial charge in [-0.2, -0.15) is 0 Å². The Morgan fingerprint density at radius 1 is 1.03 bits per heavy atom. The molecule has 0 spiro atoms. The Hall–Kier alpha value is -3.70. The molecular formula is C32H32FNO3. The zero-order valence-electron chi connectivity index (χ0n) is 21.2. The minimum Gasteiger partial charge on any atom is -0.490 e. The summed E-state index contributed by atoms with van der Waals surface area (Å²) in [5.41, 5.74) is 4.70. The zero-order valence-corrected chi connectivity index (χ0v) is 21.2. The SMILES string of the molecule is Cc1cc(C(=O)O)ccc1[C@@H]1C[C@@H](CCCN[C@H](C)c2ccc(F)c3ccccc23)Oc2ccccc21. The molecule has 0 amide bonds. The minimum absolute atomic E-state index is 0.0715. The Bertz CT molecular complexity index is 1430. The van der Waals surface area contributed by atoms with Gasteiger partial charge < -0.3 is 15.2 Å². The van der Waals surface area contributed by atoms with Crippen LogP contribution in [-0.4, -0.2) is 23.7 Å². The summed E-state index contributed by atoms with van der Waals surface area (Å²) < 4.78 is 20.6. The van der Waals surface area contributed by atoms with Crippen molar-refractivity contribution in [3.05, 3.63) is 112 Å². The predicted octanol–water partition coefficient (Wildman–Crippen LogP) is 7.40. The van der Waals surface area contributed by atoms with Crippen LogP contribution >= 0.6 is 0 Å². The van der Waals surface area contributed by atoms with E-state index >= 15 is 0 Å². The molecular weight excluding hydrogens is 465 g/mol. The summed E-state index contributed by atoms with van der Waals surface area (Å²) in [6.07, 6.45) is 2.77. The number of rotatable bonds is 8. The lowest BCUT2D eigenvalue weighted by Gasteiger charge is -2.33. The summed E-state index contributed by atoms with van der Waals surface area (Å²) in [4.78, 5) is 11.4. The van der Waals surface area contributed by atoms with Crippen LogP contribution in [0.25, 0.3) is 10.8 Å². The number of aryl methyl sites for hydroxylation is 1. The molecule has 1 aliphatic rings. The summed E-state index contributed by atoms with van der Waals surface area (Å²) in [6.45, 7) is 4.93. The van der Waals surface area contributed by atoms with Crippen molar-refractivity contribution in [1.29, 1.82) is 0 Å². The second kappa shape index (κ2) is 10.7. The number of ether oxygens (including phenoxy) is 1. The fourth-order valence-corrected chi connectivity index (χ4v) is 5.59. The molecule has 0 saturated carbocycles. The lowest BCUT2D eigenvalue weighted by Crippen LogP contribution is -2.28. The summed E-state index contributed by atoms with van der Waals surface area (Å²) >= 11 is 0. The third-order valence-corrected chi connectivity index (χ3v) is 7.50. The first-order valence-electron chi connectivity index (χ1n) is 12.9. The summed E-state index contributed by atoms with van der Waals surface area (Å²) in [6, 6.07) is 24.7. The molecule has 2 N–H and O–H groups in total. The molecule has 0 aromatic heterocycles. The normalized spacial score (nSPS) is 17.7. The third-order valence-electron chi connectivity index (χ3n) is 7.50. The van der Waals surface area contributed by atoms with Crippen molar-refractivity contribution in [1.82, 2.24) is 5.32 Å². The summed E-state index contributed by atoms with van der Waals surface area (Å²) in [7, 11) is 0. The fraction of sp³-hybridized carbons (Fsp3) is 0.281. The number of para-hydroxylation sites is 1. The molecule has 4 nitrogen and oxygen atoms in total. The van der Waals surface area contributed by atoms with Gasteiger partial charge in [0.05, 0.1) is 11.7 Å². The van der Waals surface area contributed by atoms with Gasteiger partial charge in [0.15, 0.2) is 0 Å². The lowest BCUT2D eigenvalue weighted by atomic mass is 9.81. The van der Waals surface area contributed by atoms with Gasteiger partial charge in [-0.25, -0.2) is 9.18 Å². The van der Waals surface area contributed by atoms with E-state index in [4.69, 9.17) is 4.74 Å². The van der Waals surface area contributed by atoms with Crippen molar-refractivity contribution < 1.29 is 19.0 Å². The first kappa shape index (κ1) is 25.0. The highest BCUT2D eigenvalue weighted by Gasteiger charge is 2.30. The van der Waals surface area contributed by atoms with Gasteiger partial charge in [-0.15, -0.1) is 0 Å². The topological polar surface area (TPSA) is 58.6 Å². The number of halogens is 1. The maximum atomic E-state index is 14.2. The van der Waals surface area contributed by atoms with Crippen LogP contribution in [0.5, 0.6) is 5.75 Å². The minimum atomic E-state index is -0.907. The third kappa shape index (κ3) is 5.23. The van der Waals surface area contributed by atoms with E-state index in [9.17, 15) is 14.3 Å². The fourth-order valence-electron chi connectivity index (χ4n) is 5.59. The van der Waals surface area contributed by atoms with Gasteiger partial charge in [-0.1, -0.05) is 54.6 Å². The molecule has 4 aromatic carbocycles. The maximum absolute atomic E-state index is 14.2. The highest BCUT2D eigenvalue weighted by atomic mass is 19.1. The van der Waals surface area contributed by atoms with Gasteiger partial charge >= 0.3 is 5.97 Å². The predicted molar refractivity (Wildman–Crippen MR) is 145 cm³/mol. The molecule has 0 saturated heterocycles. The Balaban J connectivity index is 1.25. The largest absolute Gasteiger partial charge is 0.490 e. The average molecular weight is 498 g/mol. The van der Waals surface area contributed by atoms with Crippen LogP contribution in [0.1, 0.15) is 70.8 Å². The molecule has 37 heavy (non-hydrogen) atoms. The summed E-state index contributed by atoms with van der Waals surface area (Å²) in [5.74, 6) is -0.0289. The smallest absolute Gasteiger partial charge is 0.335 e. The van der Waals surface area contributed by atoms with Crippen molar-refractivity contribution in [2.24, 2.45) is 0 Å². The van der Waals surface area contributed by atoms with E-state index in [1.165, 1.54) is 0 Å². The van der Waals surface area contributed by atoms with E-state index in [-0.39, 0.29) is 23.9 Å². The number of benzene rings is 4. The number of fused-ring (bicyclic) bond motifs is 2. The Morgan fingerprint density at radius 2 is 1.78 bits per heavy atom. The molecule has 1 heterocycles. The van der Waals surface area contributed by atoms with Crippen LogP contribution in [0, 0.1) is 12.7 Å². The number of hydrogen-bond donors (Lipinski definition) is 2. The van der Waals surface area contributed by atoms with Gasteiger partial charge in [-0.3, -0.25) is 0 Å². The van der Waals surface area contributed by atoms with Gasteiger partial charge in [0.25, 0.3) is 0 Å². The first-order chi connectivity index (χ1) is 17.9. The van der Waals surface area contributed by atoms with Gasteiger partial charge in [0.2, 0.25) is 0 Å². The van der Waals surface area contributed by atoms with Crippen LogP contribution in [0.15, 0.2) is 78.9 Å². The standard InChI is InChI=1S/C32H32FNO3/c1-20-18-22(32(35)36)13-14-24(20)29-19-23(37-31-12-6-5-11-28(29)31)8-7-17-34-21(2)25-15-16-30(33)27-10-4-3-9-26(25)27/h3-6,9-16,18,21,23,29,34H,7-8,17,19H2,1-2H3,(H,35,36)/t21-,23-,29+/m1/s1. The van der Waals surface area contributed by atoms with E-state index in [1.807, 2.05) is 61.5 Å². The van der Waals surface area contributed by atoms with Crippen LogP contribution in [0.4, 0.5) is 4.39 Å². The molecule has 4 aromatic rings. The Morgan fingerprint density at radius 3 is 2.57 bits per heavy atom. The van der Waals surface area contributed by atoms with E-state index in [1.54, 1.807) is 18.2 Å². The monoisotopic (exact) mass is 497 g/mol. The molecule has 1 aliphatic heterocycles. The molecule has 0 aliphatic carbocycles. The van der Waals surface area contributed by atoms with Crippen molar-refractivity contribution in [3.63, 3.8) is 0 Å². The Labute approximate surface area is 217 Å². The van der Waals surface area contributed by atoms with Gasteiger partial charge in [0.1, 0.15) is 11.6 Å². The van der Waals surface area contributed by atoms with Crippen molar-refractivity contribution in [2.75, 3.05) is 6.54 Å². The number of hydrogen-bond acceptors (Lipinski definition) is 3. The number of aromatic carboxylic acids is 1. The molecule has 0 bridgehead atoms. The van der Waals surface area contributed by atoms with E-state index in [0.29, 0.717) is 10.9 Å². The average Bonchev–Trinajstić information content (AvgIpc) is 2.91. The molecule has 3 atom stereocenters. The zero-order chi connectivity index (χ0) is 25.9. The molecule has 5 rings (SSSR count).